The standard InChI is InChI=1S/C12H25N/c1-4-6-11(2)7-5-8-12(3)13-9-10-13/h11-12H,4-10H2,1-3H3. The van der Waals surface area contributed by atoms with Gasteiger partial charge in [0, 0.05) is 19.1 Å². The molecule has 1 rings (SSSR count). The average Bonchev–Trinajstić information content (AvgIpc) is 2.86. The zero-order valence-corrected chi connectivity index (χ0v) is 9.55. The van der Waals surface area contributed by atoms with Gasteiger partial charge in [-0.2, -0.15) is 0 Å². The van der Waals surface area contributed by atoms with Crippen molar-refractivity contribution in [1.29, 1.82) is 0 Å². The van der Waals surface area contributed by atoms with Crippen molar-refractivity contribution in [2.24, 2.45) is 5.92 Å². The molecule has 13 heavy (non-hydrogen) atoms. The maximum atomic E-state index is 2.56. The first-order chi connectivity index (χ1) is 6.24. The van der Waals surface area contributed by atoms with Crippen LogP contribution >= 0.6 is 0 Å². The SMILES string of the molecule is CCCC(C)CCCC(C)N1CC1. The van der Waals surface area contributed by atoms with Gasteiger partial charge in [-0.15, -0.1) is 0 Å². The topological polar surface area (TPSA) is 3.01 Å². The van der Waals surface area contributed by atoms with Crippen LogP contribution in [0, 0.1) is 5.92 Å². The lowest BCUT2D eigenvalue weighted by Gasteiger charge is -2.14. The summed E-state index contributed by atoms with van der Waals surface area (Å²) in [6.45, 7) is 9.76. The molecule has 1 fully saturated rings. The average molecular weight is 183 g/mol. The molecule has 1 aliphatic rings. The number of hydrogen-bond acceptors (Lipinski definition) is 1. The van der Waals surface area contributed by atoms with Gasteiger partial charge in [0.25, 0.3) is 0 Å². The fourth-order valence-electron chi connectivity index (χ4n) is 2.08. The summed E-state index contributed by atoms with van der Waals surface area (Å²) in [4.78, 5) is 2.56. The molecule has 1 heterocycles. The highest BCUT2D eigenvalue weighted by molar-refractivity contribution is 4.78. The predicted molar refractivity (Wildman–Crippen MR) is 59.0 cm³/mol. The number of nitrogens with zero attached hydrogens (tertiary/aromatic N) is 1. The van der Waals surface area contributed by atoms with Crippen LogP contribution in [-0.4, -0.2) is 24.0 Å². The zero-order chi connectivity index (χ0) is 9.68. The lowest BCUT2D eigenvalue weighted by atomic mass is 9.98. The van der Waals surface area contributed by atoms with Crippen molar-refractivity contribution >= 4 is 0 Å². The Balaban J connectivity index is 1.92. The number of rotatable bonds is 7. The molecule has 1 heteroatoms. The summed E-state index contributed by atoms with van der Waals surface area (Å²) in [5.74, 6) is 0.950. The van der Waals surface area contributed by atoms with E-state index < -0.39 is 0 Å². The summed E-state index contributed by atoms with van der Waals surface area (Å²) < 4.78 is 0. The quantitative estimate of drug-likeness (QED) is 0.547. The first kappa shape index (κ1) is 11.0. The first-order valence-corrected chi connectivity index (χ1v) is 5.98. The Hall–Kier alpha value is -0.0400. The van der Waals surface area contributed by atoms with E-state index in [0.29, 0.717) is 0 Å². The van der Waals surface area contributed by atoms with Gasteiger partial charge in [-0.3, -0.25) is 4.90 Å². The van der Waals surface area contributed by atoms with E-state index >= 15 is 0 Å². The molecule has 1 nitrogen and oxygen atoms in total. The van der Waals surface area contributed by atoms with Gasteiger partial charge in [0.15, 0.2) is 0 Å². The van der Waals surface area contributed by atoms with E-state index in [1.807, 2.05) is 0 Å². The van der Waals surface area contributed by atoms with Crippen LogP contribution in [0.15, 0.2) is 0 Å². The Morgan fingerprint density at radius 2 is 1.77 bits per heavy atom. The van der Waals surface area contributed by atoms with Gasteiger partial charge in [0.2, 0.25) is 0 Å². The molecule has 0 aromatic rings. The van der Waals surface area contributed by atoms with E-state index in [2.05, 4.69) is 25.7 Å². The van der Waals surface area contributed by atoms with Crippen LogP contribution in [0.25, 0.3) is 0 Å². The molecule has 0 N–H and O–H groups in total. The smallest absolute Gasteiger partial charge is 0.0113 e. The summed E-state index contributed by atoms with van der Waals surface area (Å²) in [6.07, 6.45) is 7.04. The van der Waals surface area contributed by atoms with Crippen molar-refractivity contribution in [3.63, 3.8) is 0 Å². The summed E-state index contributed by atoms with van der Waals surface area (Å²) in [5, 5.41) is 0. The zero-order valence-electron chi connectivity index (χ0n) is 9.55. The fraction of sp³-hybridized carbons (Fsp3) is 1.00. The Bertz CT molecular complexity index is 129. The number of hydrogen-bond donors (Lipinski definition) is 0. The van der Waals surface area contributed by atoms with Crippen LogP contribution in [0.3, 0.4) is 0 Å². The molecular formula is C12H25N. The molecule has 0 aromatic heterocycles. The second-order valence-electron chi connectivity index (χ2n) is 4.71. The van der Waals surface area contributed by atoms with Gasteiger partial charge >= 0.3 is 0 Å². The van der Waals surface area contributed by atoms with E-state index in [0.717, 1.165) is 12.0 Å². The van der Waals surface area contributed by atoms with Gasteiger partial charge in [-0.1, -0.05) is 39.5 Å². The van der Waals surface area contributed by atoms with Crippen molar-refractivity contribution in [1.82, 2.24) is 4.90 Å². The third-order valence-electron chi connectivity index (χ3n) is 3.21. The minimum Gasteiger partial charge on any atom is -0.298 e. The summed E-state index contributed by atoms with van der Waals surface area (Å²) in [7, 11) is 0. The Morgan fingerprint density at radius 1 is 1.08 bits per heavy atom. The largest absolute Gasteiger partial charge is 0.298 e. The minimum absolute atomic E-state index is 0.855. The summed E-state index contributed by atoms with van der Waals surface area (Å²) >= 11 is 0. The Kier molecular flexibility index (Phi) is 4.79. The first-order valence-electron chi connectivity index (χ1n) is 5.98. The van der Waals surface area contributed by atoms with E-state index in [-0.39, 0.29) is 0 Å². The van der Waals surface area contributed by atoms with Crippen LogP contribution in [-0.2, 0) is 0 Å². The summed E-state index contributed by atoms with van der Waals surface area (Å²) in [6, 6.07) is 0.855. The molecule has 0 saturated carbocycles. The van der Waals surface area contributed by atoms with Crippen LogP contribution in [0.1, 0.15) is 52.9 Å². The van der Waals surface area contributed by atoms with Crippen molar-refractivity contribution in [3.05, 3.63) is 0 Å². The highest BCUT2D eigenvalue weighted by Crippen LogP contribution is 2.19. The van der Waals surface area contributed by atoms with Crippen molar-refractivity contribution < 1.29 is 0 Å². The lowest BCUT2D eigenvalue weighted by molar-refractivity contribution is 0.368. The molecule has 0 aromatic carbocycles. The van der Waals surface area contributed by atoms with E-state index in [1.165, 1.54) is 45.2 Å². The summed E-state index contributed by atoms with van der Waals surface area (Å²) in [5.41, 5.74) is 0. The lowest BCUT2D eigenvalue weighted by Crippen LogP contribution is -2.13. The molecule has 0 amide bonds. The molecule has 0 bridgehead atoms. The van der Waals surface area contributed by atoms with Crippen molar-refractivity contribution in [2.45, 2.75) is 58.9 Å². The highest BCUT2D eigenvalue weighted by atomic mass is 15.3. The van der Waals surface area contributed by atoms with E-state index in [4.69, 9.17) is 0 Å². The maximum absolute atomic E-state index is 2.56. The molecule has 0 aliphatic carbocycles. The third kappa shape index (κ3) is 4.66. The van der Waals surface area contributed by atoms with Gasteiger partial charge in [-0.05, 0) is 19.3 Å². The molecule has 78 valence electrons. The van der Waals surface area contributed by atoms with Crippen molar-refractivity contribution in [2.75, 3.05) is 13.1 Å². The monoisotopic (exact) mass is 183 g/mol. The molecule has 0 spiro atoms. The van der Waals surface area contributed by atoms with Crippen LogP contribution in [0.5, 0.6) is 0 Å². The second-order valence-corrected chi connectivity index (χ2v) is 4.71. The molecular weight excluding hydrogens is 158 g/mol. The maximum Gasteiger partial charge on any atom is 0.0113 e. The normalized spacial score (nSPS) is 21.5. The van der Waals surface area contributed by atoms with Gasteiger partial charge < -0.3 is 0 Å². The van der Waals surface area contributed by atoms with E-state index in [1.54, 1.807) is 0 Å². The molecule has 2 atom stereocenters. The van der Waals surface area contributed by atoms with E-state index in [9.17, 15) is 0 Å². The molecule has 1 saturated heterocycles. The van der Waals surface area contributed by atoms with Crippen molar-refractivity contribution in [3.8, 4) is 0 Å². The third-order valence-corrected chi connectivity index (χ3v) is 3.21. The van der Waals surface area contributed by atoms with Crippen LogP contribution in [0.2, 0.25) is 0 Å². The second kappa shape index (κ2) is 5.64. The molecule has 2 unspecified atom stereocenters. The molecule has 0 radical (unpaired) electrons. The van der Waals surface area contributed by atoms with Crippen LogP contribution in [0.4, 0.5) is 0 Å². The predicted octanol–water partition coefficient (Wildman–Crippen LogP) is 3.30. The minimum atomic E-state index is 0.855. The highest BCUT2D eigenvalue weighted by Gasteiger charge is 2.22. The van der Waals surface area contributed by atoms with Crippen LogP contribution < -0.4 is 0 Å². The Morgan fingerprint density at radius 3 is 2.31 bits per heavy atom. The fourth-order valence-corrected chi connectivity index (χ4v) is 2.08. The van der Waals surface area contributed by atoms with Gasteiger partial charge in [-0.25, -0.2) is 0 Å². The van der Waals surface area contributed by atoms with Gasteiger partial charge in [0.1, 0.15) is 0 Å². The molecule has 1 aliphatic heterocycles. The van der Waals surface area contributed by atoms with Gasteiger partial charge in [0.05, 0.1) is 0 Å². The Labute approximate surface area is 83.5 Å².